The lowest BCUT2D eigenvalue weighted by Crippen LogP contribution is -2.06. The Morgan fingerprint density at radius 1 is 1.29 bits per heavy atom. The number of aromatic nitrogens is 2. The minimum atomic E-state index is -0.0640. The molecule has 1 heterocycles. The molecule has 0 aliphatic heterocycles. The SMILES string of the molecule is CC.CCCOc1cc(CO)nn1C1=CCCCC=C1C. The highest BCUT2D eigenvalue weighted by Gasteiger charge is 2.14. The van der Waals surface area contributed by atoms with Gasteiger partial charge in [0.25, 0.3) is 0 Å². The maximum Gasteiger partial charge on any atom is 0.216 e. The van der Waals surface area contributed by atoms with E-state index < -0.39 is 0 Å². The number of aliphatic hydroxyl groups excluding tert-OH is 1. The Balaban J connectivity index is 0.00000106. The second-order valence-electron chi connectivity index (χ2n) is 4.80. The van der Waals surface area contributed by atoms with Gasteiger partial charge in [-0.25, -0.2) is 4.68 Å². The summed E-state index contributed by atoms with van der Waals surface area (Å²) in [7, 11) is 0. The van der Waals surface area contributed by atoms with E-state index in [9.17, 15) is 5.11 Å². The monoisotopic (exact) mass is 292 g/mol. The van der Waals surface area contributed by atoms with Crippen LogP contribution in [0, 0.1) is 0 Å². The van der Waals surface area contributed by atoms with Crippen LogP contribution in [0.2, 0.25) is 0 Å². The van der Waals surface area contributed by atoms with Crippen molar-refractivity contribution < 1.29 is 9.84 Å². The first-order valence-corrected chi connectivity index (χ1v) is 7.96. The highest BCUT2D eigenvalue weighted by molar-refractivity contribution is 5.64. The van der Waals surface area contributed by atoms with E-state index in [1.807, 2.05) is 24.6 Å². The molecule has 2 rings (SSSR count). The smallest absolute Gasteiger partial charge is 0.216 e. The van der Waals surface area contributed by atoms with Crippen molar-refractivity contribution in [2.75, 3.05) is 6.61 Å². The summed E-state index contributed by atoms with van der Waals surface area (Å²) in [5, 5.41) is 13.7. The van der Waals surface area contributed by atoms with Crippen LogP contribution in [0.4, 0.5) is 0 Å². The van der Waals surface area contributed by atoms with E-state index in [4.69, 9.17) is 4.74 Å². The molecule has 4 heteroatoms. The van der Waals surface area contributed by atoms with Gasteiger partial charge in [0.05, 0.1) is 24.6 Å². The van der Waals surface area contributed by atoms with Crippen molar-refractivity contribution in [3.05, 3.63) is 29.5 Å². The minimum Gasteiger partial charge on any atom is -0.478 e. The Kier molecular flexibility index (Phi) is 7.83. The van der Waals surface area contributed by atoms with E-state index in [1.165, 1.54) is 12.0 Å². The maximum atomic E-state index is 9.26. The van der Waals surface area contributed by atoms with Crippen LogP contribution >= 0.6 is 0 Å². The standard InChI is InChI=1S/C15H22N2O2.C2H6/c1-3-9-19-15-10-13(11-18)16-17(15)14-8-6-4-5-7-12(14)2;1-2/h7-8,10,18H,3-6,9,11H2,1-2H3;1-2H3. The average Bonchev–Trinajstić information content (AvgIpc) is 2.81. The molecular weight excluding hydrogens is 264 g/mol. The van der Waals surface area contributed by atoms with Crippen LogP contribution in [0.25, 0.3) is 5.70 Å². The number of hydrogen-bond acceptors (Lipinski definition) is 3. The Hall–Kier alpha value is -1.55. The molecule has 21 heavy (non-hydrogen) atoms. The summed E-state index contributed by atoms with van der Waals surface area (Å²) < 4.78 is 7.55. The molecule has 0 aromatic carbocycles. The van der Waals surface area contributed by atoms with Crippen LogP contribution in [0.1, 0.15) is 59.1 Å². The van der Waals surface area contributed by atoms with E-state index in [0.717, 1.165) is 25.0 Å². The van der Waals surface area contributed by atoms with E-state index in [1.54, 1.807) is 0 Å². The molecule has 0 saturated heterocycles. The zero-order chi connectivity index (χ0) is 15.7. The van der Waals surface area contributed by atoms with Crippen LogP contribution in [0.3, 0.4) is 0 Å². The summed E-state index contributed by atoms with van der Waals surface area (Å²) in [5.74, 6) is 0.715. The predicted molar refractivity (Wildman–Crippen MR) is 87.2 cm³/mol. The van der Waals surface area contributed by atoms with Gasteiger partial charge in [0.15, 0.2) is 0 Å². The van der Waals surface area contributed by atoms with E-state index in [2.05, 4.69) is 31.1 Å². The molecule has 1 aromatic rings. The summed E-state index contributed by atoms with van der Waals surface area (Å²) in [6.45, 7) is 8.77. The van der Waals surface area contributed by atoms with Crippen molar-refractivity contribution in [2.24, 2.45) is 0 Å². The lowest BCUT2D eigenvalue weighted by atomic mass is 10.2. The summed E-state index contributed by atoms with van der Waals surface area (Å²) in [6, 6.07) is 1.81. The van der Waals surface area contributed by atoms with Gasteiger partial charge in [-0.3, -0.25) is 0 Å². The molecule has 0 bridgehead atoms. The Bertz CT molecular complexity index is 487. The lowest BCUT2D eigenvalue weighted by molar-refractivity contribution is 0.276. The summed E-state index contributed by atoms with van der Waals surface area (Å²) in [4.78, 5) is 0. The topological polar surface area (TPSA) is 47.3 Å². The van der Waals surface area contributed by atoms with E-state index >= 15 is 0 Å². The largest absolute Gasteiger partial charge is 0.478 e. The van der Waals surface area contributed by atoms with Gasteiger partial charge in [-0.1, -0.05) is 32.9 Å². The van der Waals surface area contributed by atoms with Gasteiger partial charge in [-0.2, -0.15) is 5.10 Å². The third kappa shape index (κ3) is 4.74. The number of nitrogens with zero attached hydrogens (tertiary/aromatic N) is 2. The van der Waals surface area contributed by atoms with Crippen LogP contribution in [0.5, 0.6) is 5.88 Å². The summed E-state index contributed by atoms with van der Waals surface area (Å²) in [5.41, 5.74) is 2.93. The number of hydrogen-bond donors (Lipinski definition) is 1. The van der Waals surface area contributed by atoms with Gasteiger partial charge >= 0.3 is 0 Å². The highest BCUT2D eigenvalue weighted by atomic mass is 16.5. The molecule has 0 radical (unpaired) electrons. The van der Waals surface area contributed by atoms with Crippen molar-refractivity contribution in [1.82, 2.24) is 9.78 Å². The molecule has 0 atom stereocenters. The highest BCUT2D eigenvalue weighted by Crippen LogP contribution is 2.27. The van der Waals surface area contributed by atoms with Crippen LogP contribution in [-0.4, -0.2) is 21.5 Å². The fourth-order valence-electron chi connectivity index (χ4n) is 2.16. The van der Waals surface area contributed by atoms with Gasteiger partial charge in [-0.05, 0) is 38.2 Å². The maximum absolute atomic E-state index is 9.26. The number of aliphatic hydroxyl groups is 1. The second kappa shape index (κ2) is 9.40. The number of ether oxygens (including phenoxy) is 1. The number of rotatable bonds is 5. The molecule has 0 saturated carbocycles. The molecule has 1 aromatic heterocycles. The zero-order valence-electron chi connectivity index (χ0n) is 13.7. The normalized spacial score (nSPS) is 14.5. The Morgan fingerprint density at radius 3 is 2.67 bits per heavy atom. The van der Waals surface area contributed by atoms with Crippen molar-refractivity contribution in [1.29, 1.82) is 0 Å². The summed E-state index contributed by atoms with van der Waals surface area (Å²) in [6.07, 6.45) is 8.71. The van der Waals surface area contributed by atoms with Crippen molar-refractivity contribution in [3.8, 4) is 5.88 Å². The fraction of sp³-hybridized carbons (Fsp3) is 0.588. The predicted octanol–water partition coefficient (Wildman–Crippen LogP) is 4.16. The zero-order valence-corrected chi connectivity index (χ0v) is 13.7. The lowest BCUT2D eigenvalue weighted by Gasteiger charge is -2.12. The van der Waals surface area contributed by atoms with Crippen LogP contribution in [-0.2, 0) is 6.61 Å². The molecule has 1 aliphatic rings. The molecule has 0 fully saturated rings. The van der Waals surface area contributed by atoms with Crippen molar-refractivity contribution >= 4 is 5.70 Å². The summed E-state index contributed by atoms with van der Waals surface area (Å²) >= 11 is 0. The minimum absolute atomic E-state index is 0.0640. The molecule has 1 N–H and O–H groups in total. The Labute approximate surface area is 128 Å². The number of allylic oxidation sites excluding steroid dienone is 4. The van der Waals surface area contributed by atoms with Crippen LogP contribution in [0.15, 0.2) is 23.8 Å². The van der Waals surface area contributed by atoms with Gasteiger partial charge in [-0.15, -0.1) is 0 Å². The van der Waals surface area contributed by atoms with Gasteiger partial charge in [0.2, 0.25) is 5.88 Å². The van der Waals surface area contributed by atoms with E-state index in [-0.39, 0.29) is 6.61 Å². The van der Waals surface area contributed by atoms with Crippen molar-refractivity contribution in [3.63, 3.8) is 0 Å². The van der Waals surface area contributed by atoms with Crippen LogP contribution < -0.4 is 4.74 Å². The third-order valence-corrected chi connectivity index (χ3v) is 3.17. The van der Waals surface area contributed by atoms with Gasteiger partial charge in [0, 0.05) is 6.07 Å². The molecule has 0 amide bonds. The van der Waals surface area contributed by atoms with E-state index in [0.29, 0.717) is 18.2 Å². The second-order valence-corrected chi connectivity index (χ2v) is 4.80. The molecule has 1 aliphatic carbocycles. The quantitative estimate of drug-likeness (QED) is 0.886. The molecule has 118 valence electrons. The molecular formula is C17H28N2O2. The first-order valence-electron chi connectivity index (χ1n) is 7.96. The average molecular weight is 292 g/mol. The van der Waals surface area contributed by atoms with Crippen molar-refractivity contribution in [2.45, 2.75) is 60.0 Å². The molecule has 0 spiro atoms. The fourth-order valence-corrected chi connectivity index (χ4v) is 2.16. The van der Waals surface area contributed by atoms with Gasteiger partial charge in [0.1, 0.15) is 0 Å². The first kappa shape index (κ1) is 17.5. The van der Waals surface area contributed by atoms with Gasteiger partial charge < -0.3 is 9.84 Å². The molecule has 4 nitrogen and oxygen atoms in total. The first-order chi connectivity index (χ1) is 10.3. The molecule has 0 unspecified atom stereocenters. The Morgan fingerprint density at radius 2 is 2.00 bits per heavy atom. The third-order valence-electron chi connectivity index (χ3n) is 3.17.